The number of nitrogens with zero attached hydrogens (tertiary/aromatic N) is 5. The Labute approximate surface area is 206 Å². The number of aromatic nitrogens is 3. The van der Waals surface area contributed by atoms with Crippen molar-refractivity contribution < 1.29 is 17.6 Å². The van der Waals surface area contributed by atoms with Gasteiger partial charge in [-0.2, -0.15) is 0 Å². The van der Waals surface area contributed by atoms with Gasteiger partial charge in [-0.1, -0.05) is 19.1 Å². The number of sulfonamides is 1. The molecule has 3 unspecified atom stereocenters. The molecule has 1 aromatic carbocycles. The lowest BCUT2D eigenvalue weighted by atomic mass is 10.1. The maximum absolute atomic E-state index is 12.2. The van der Waals surface area contributed by atoms with Crippen molar-refractivity contribution in [3.63, 3.8) is 0 Å². The molecule has 2 heterocycles. The molecule has 0 aliphatic heterocycles. The van der Waals surface area contributed by atoms with Crippen molar-refractivity contribution in [3.8, 4) is 17.2 Å². The number of ether oxygens (including phenoxy) is 1. The fourth-order valence-corrected chi connectivity index (χ4v) is 4.29. The summed E-state index contributed by atoms with van der Waals surface area (Å²) in [5.41, 5.74) is 7.93. The first-order chi connectivity index (χ1) is 16.5. The summed E-state index contributed by atoms with van der Waals surface area (Å²) in [7, 11) is 1.53. The molecule has 35 heavy (non-hydrogen) atoms. The molecule has 1 fully saturated rings. The molecule has 3 aromatic rings. The predicted molar refractivity (Wildman–Crippen MR) is 135 cm³/mol. The minimum absolute atomic E-state index is 0.255. The standard InChI is InChI=1S/C24H32N6O4S/c1-15-10-18(15)14-29(2)21-12-17(13-22(26-21)30(3)35(5,31)32)23-27-28-24(34-23)20(25)11-16-6-8-19(33-4)9-7-16/h6-9,12-13,15,18,20H,10-11,14,25H2,1-5H3. The molecule has 188 valence electrons. The lowest BCUT2D eigenvalue weighted by molar-refractivity contribution is 0.414. The van der Waals surface area contributed by atoms with E-state index in [1.165, 1.54) is 13.5 Å². The van der Waals surface area contributed by atoms with Crippen LogP contribution in [-0.4, -0.2) is 57.6 Å². The van der Waals surface area contributed by atoms with Gasteiger partial charge in [0.05, 0.1) is 19.4 Å². The summed E-state index contributed by atoms with van der Waals surface area (Å²) in [4.78, 5) is 6.62. The summed E-state index contributed by atoms with van der Waals surface area (Å²) in [5, 5.41) is 8.35. The van der Waals surface area contributed by atoms with Gasteiger partial charge in [-0.15, -0.1) is 10.2 Å². The van der Waals surface area contributed by atoms with Crippen molar-refractivity contribution in [2.45, 2.75) is 25.8 Å². The summed E-state index contributed by atoms with van der Waals surface area (Å²) >= 11 is 0. The van der Waals surface area contributed by atoms with Gasteiger partial charge >= 0.3 is 0 Å². The number of benzene rings is 1. The smallest absolute Gasteiger partial charge is 0.248 e. The van der Waals surface area contributed by atoms with E-state index in [2.05, 4.69) is 22.1 Å². The first-order valence-electron chi connectivity index (χ1n) is 11.4. The van der Waals surface area contributed by atoms with Crippen LogP contribution in [-0.2, 0) is 16.4 Å². The molecular formula is C24H32N6O4S. The van der Waals surface area contributed by atoms with Crippen molar-refractivity contribution in [3.05, 3.63) is 47.9 Å². The number of rotatable bonds is 10. The van der Waals surface area contributed by atoms with Gasteiger partial charge in [-0.25, -0.2) is 13.4 Å². The lowest BCUT2D eigenvalue weighted by Crippen LogP contribution is -2.27. The molecule has 10 nitrogen and oxygen atoms in total. The van der Waals surface area contributed by atoms with Gasteiger partial charge in [0.1, 0.15) is 17.4 Å². The zero-order chi connectivity index (χ0) is 25.3. The molecule has 1 aliphatic carbocycles. The quantitative estimate of drug-likeness (QED) is 0.447. The second-order valence-electron chi connectivity index (χ2n) is 9.26. The fraction of sp³-hybridized carbons (Fsp3) is 0.458. The minimum Gasteiger partial charge on any atom is -0.497 e. The average Bonchev–Trinajstić information content (AvgIpc) is 3.30. The maximum atomic E-state index is 12.2. The molecule has 11 heteroatoms. The minimum atomic E-state index is -3.51. The number of anilines is 2. The largest absolute Gasteiger partial charge is 0.497 e. The van der Waals surface area contributed by atoms with Crippen LogP contribution in [0.1, 0.15) is 30.8 Å². The van der Waals surface area contributed by atoms with Gasteiger partial charge in [0.25, 0.3) is 0 Å². The fourth-order valence-electron chi connectivity index (χ4n) is 3.85. The Hall–Kier alpha value is -3.18. The van der Waals surface area contributed by atoms with E-state index < -0.39 is 16.1 Å². The highest BCUT2D eigenvalue weighted by Crippen LogP contribution is 2.39. The van der Waals surface area contributed by atoms with E-state index in [1.54, 1.807) is 13.2 Å². The van der Waals surface area contributed by atoms with Crippen LogP contribution in [0.3, 0.4) is 0 Å². The highest BCUT2D eigenvalue weighted by molar-refractivity contribution is 7.92. The SMILES string of the molecule is COc1ccc(CC(N)c2nnc(-c3cc(N(C)CC4CC4C)nc(N(C)S(C)(=O)=O)c3)o2)cc1. The van der Waals surface area contributed by atoms with E-state index >= 15 is 0 Å². The third-order valence-corrected chi connectivity index (χ3v) is 7.60. The van der Waals surface area contributed by atoms with E-state index in [0.717, 1.165) is 28.4 Å². The highest BCUT2D eigenvalue weighted by Gasteiger charge is 2.33. The van der Waals surface area contributed by atoms with Gasteiger partial charge in [-0.05, 0) is 54.5 Å². The van der Waals surface area contributed by atoms with Crippen molar-refractivity contribution in [1.82, 2.24) is 15.2 Å². The predicted octanol–water partition coefficient (Wildman–Crippen LogP) is 2.87. The molecular weight excluding hydrogens is 468 g/mol. The Morgan fingerprint density at radius 3 is 2.43 bits per heavy atom. The van der Waals surface area contributed by atoms with E-state index in [-0.39, 0.29) is 11.7 Å². The third kappa shape index (κ3) is 5.91. The molecule has 2 N–H and O–H groups in total. The lowest BCUT2D eigenvalue weighted by Gasteiger charge is -2.22. The molecule has 3 atom stereocenters. The highest BCUT2D eigenvalue weighted by atomic mass is 32.2. The molecule has 0 spiro atoms. The van der Waals surface area contributed by atoms with Gasteiger partial charge < -0.3 is 19.8 Å². The average molecular weight is 501 g/mol. The second-order valence-corrected chi connectivity index (χ2v) is 11.3. The van der Waals surface area contributed by atoms with Gasteiger partial charge in [0.15, 0.2) is 0 Å². The monoisotopic (exact) mass is 500 g/mol. The van der Waals surface area contributed by atoms with Crippen molar-refractivity contribution in [2.75, 3.05) is 43.2 Å². The van der Waals surface area contributed by atoms with Crippen molar-refractivity contribution >= 4 is 21.7 Å². The summed E-state index contributed by atoms with van der Waals surface area (Å²) in [5.74, 6) is 3.52. The second kappa shape index (κ2) is 9.82. The van der Waals surface area contributed by atoms with Crippen LogP contribution in [0, 0.1) is 11.8 Å². The third-order valence-electron chi connectivity index (χ3n) is 6.41. The van der Waals surface area contributed by atoms with E-state index in [0.29, 0.717) is 35.5 Å². The molecule has 1 saturated carbocycles. The van der Waals surface area contributed by atoms with Crippen LogP contribution >= 0.6 is 0 Å². The summed E-state index contributed by atoms with van der Waals surface area (Å²) in [6, 6.07) is 10.6. The summed E-state index contributed by atoms with van der Waals surface area (Å²) < 4.78 is 36.7. The number of nitrogens with two attached hydrogens (primary N) is 1. The first-order valence-corrected chi connectivity index (χ1v) is 13.3. The van der Waals surface area contributed by atoms with Crippen LogP contribution < -0.4 is 19.7 Å². The summed E-state index contributed by atoms with van der Waals surface area (Å²) in [6.45, 7) is 3.06. The molecule has 0 radical (unpaired) electrons. The number of hydrogen-bond acceptors (Lipinski definition) is 9. The van der Waals surface area contributed by atoms with E-state index in [4.69, 9.17) is 14.9 Å². The van der Waals surface area contributed by atoms with E-state index in [9.17, 15) is 8.42 Å². The normalized spacial score (nSPS) is 18.2. The zero-order valence-electron chi connectivity index (χ0n) is 20.7. The Morgan fingerprint density at radius 1 is 1.17 bits per heavy atom. The molecule has 0 amide bonds. The van der Waals surface area contributed by atoms with Crippen LogP contribution in [0.4, 0.5) is 11.6 Å². The topological polar surface area (TPSA) is 128 Å². The number of pyridine rings is 1. The summed E-state index contributed by atoms with van der Waals surface area (Å²) in [6.07, 6.45) is 2.83. The van der Waals surface area contributed by atoms with Crippen LogP contribution in [0.5, 0.6) is 5.75 Å². The number of hydrogen-bond donors (Lipinski definition) is 1. The van der Waals surface area contributed by atoms with E-state index in [1.807, 2.05) is 42.3 Å². The molecule has 0 saturated heterocycles. The van der Waals surface area contributed by atoms with Gasteiger partial charge in [-0.3, -0.25) is 4.31 Å². The zero-order valence-corrected chi connectivity index (χ0v) is 21.5. The Morgan fingerprint density at radius 2 is 1.83 bits per heavy atom. The van der Waals surface area contributed by atoms with Crippen molar-refractivity contribution in [1.29, 1.82) is 0 Å². The molecule has 4 rings (SSSR count). The van der Waals surface area contributed by atoms with Crippen LogP contribution in [0.2, 0.25) is 0 Å². The molecule has 2 aromatic heterocycles. The van der Waals surface area contributed by atoms with Crippen molar-refractivity contribution in [2.24, 2.45) is 17.6 Å². The maximum Gasteiger partial charge on any atom is 0.248 e. The van der Waals surface area contributed by atoms with Crippen LogP contribution in [0.15, 0.2) is 40.8 Å². The Bertz CT molecular complexity index is 1280. The molecule has 0 bridgehead atoms. The van der Waals surface area contributed by atoms with Gasteiger partial charge in [0, 0.05) is 26.2 Å². The Kier molecular flexibility index (Phi) is 7.00. The van der Waals surface area contributed by atoms with Crippen LogP contribution in [0.25, 0.3) is 11.5 Å². The molecule has 1 aliphatic rings. The van der Waals surface area contributed by atoms with Gasteiger partial charge in [0.2, 0.25) is 21.8 Å². The first kappa shape index (κ1) is 24.9. The number of methoxy groups -OCH3 is 1. The Balaban J connectivity index is 1.60.